The number of nitrogens with zero attached hydrogens (tertiary/aromatic N) is 1. The average molecular weight is 255 g/mol. The quantitative estimate of drug-likeness (QED) is 0.716. The second-order valence-corrected chi connectivity index (χ2v) is 5.73. The molecule has 2 aliphatic rings. The first-order valence-corrected chi connectivity index (χ1v) is 6.79. The van der Waals surface area contributed by atoms with Gasteiger partial charge in [0.1, 0.15) is 0 Å². The van der Waals surface area contributed by atoms with Crippen molar-refractivity contribution in [1.29, 1.82) is 0 Å². The van der Waals surface area contributed by atoms with Crippen LogP contribution in [-0.4, -0.2) is 63.3 Å². The molecule has 2 atom stereocenters. The highest BCUT2D eigenvalue weighted by Gasteiger charge is 2.40. The lowest BCUT2D eigenvalue weighted by molar-refractivity contribution is -0.126. The van der Waals surface area contributed by atoms with E-state index in [1.807, 2.05) is 7.05 Å². The molecule has 0 spiro atoms. The van der Waals surface area contributed by atoms with Crippen molar-refractivity contribution >= 4 is 5.91 Å². The number of hydrogen-bond donors (Lipinski definition) is 2. The summed E-state index contributed by atoms with van der Waals surface area (Å²) >= 11 is 0. The summed E-state index contributed by atoms with van der Waals surface area (Å²) in [6.07, 6.45) is 3.62. The Morgan fingerprint density at radius 2 is 2.11 bits per heavy atom. The van der Waals surface area contributed by atoms with Gasteiger partial charge in [0.15, 0.2) is 0 Å². The lowest BCUT2D eigenvalue weighted by Crippen LogP contribution is -2.58. The van der Waals surface area contributed by atoms with E-state index in [-0.39, 0.29) is 23.4 Å². The molecule has 0 bridgehead atoms. The summed E-state index contributed by atoms with van der Waals surface area (Å²) in [5.41, 5.74) is 0.185. The molecular weight excluding hydrogens is 230 g/mol. The summed E-state index contributed by atoms with van der Waals surface area (Å²) in [5, 5.41) is 6.26. The number of nitrogens with one attached hydrogen (secondary N) is 2. The smallest absolute Gasteiger partial charge is 0.227 e. The highest BCUT2D eigenvalue weighted by Crippen LogP contribution is 2.35. The molecule has 104 valence electrons. The molecule has 0 radical (unpaired) electrons. The van der Waals surface area contributed by atoms with Crippen molar-refractivity contribution in [3.63, 3.8) is 0 Å². The van der Waals surface area contributed by atoms with Crippen molar-refractivity contribution in [2.45, 2.75) is 30.8 Å². The first-order valence-electron chi connectivity index (χ1n) is 6.79. The predicted molar refractivity (Wildman–Crippen MR) is 70.4 cm³/mol. The number of carbonyl (C=O) groups is 1. The maximum Gasteiger partial charge on any atom is 0.227 e. The second kappa shape index (κ2) is 5.55. The lowest BCUT2D eigenvalue weighted by atomic mass is 9.75. The monoisotopic (exact) mass is 255 g/mol. The topological polar surface area (TPSA) is 53.6 Å². The van der Waals surface area contributed by atoms with Crippen molar-refractivity contribution in [2.75, 3.05) is 40.9 Å². The van der Waals surface area contributed by atoms with Crippen molar-refractivity contribution in [3.05, 3.63) is 0 Å². The maximum absolute atomic E-state index is 12.2. The van der Waals surface area contributed by atoms with E-state index in [0.717, 1.165) is 6.54 Å². The van der Waals surface area contributed by atoms with E-state index in [0.29, 0.717) is 13.2 Å². The minimum Gasteiger partial charge on any atom is -0.379 e. The maximum atomic E-state index is 12.2. The van der Waals surface area contributed by atoms with Crippen LogP contribution in [0.3, 0.4) is 0 Å². The zero-order valence-corrected chi connectivity index (χ0v) is 11.7. The summed E-state index contributed by atoms with van der Waals surface area (Å²) in [7, 11) is 6.08. The summed E-state index contributed by atoms with van der Waals surface area (Å²) in [4.78, 5) is 14.4. The number of hydrogen-bond acceptors (Lipinski definition) is 4. The van der Waals surface area contributed by atoms with Crippen LogP contribution >= 0.6 is 0 Å². The van der Waals surface area contributed by atoms with E-state index in [1.54, 1.807) is 0 Å². The lowest BCUT2D eigenvalue weighted by Gasteiger charge is -2.47. The minimum absolute atomic E-state index is 0.0470. The molecule has 2 rings (SSSR count). The van der Waals surface area contributed by atoms with Gasteiger partial charge in [-0.3, -0.25) is 4.79 Å². The largest absolute Gasteiger partial charge is 0.379 e. The molecule has 0 aromatic carbocycles. The molecule has 1 saturated carbocycles. The molecule has 1 amide bonds. The molecule has 1 heterocycles. The Bertz CT molecular complexity index is 303. The van der Waals surface area contributed by atoms with E-state index < -0.39 is 0 Å². The van der Waals surface area contributed by atoms with Gasteiger partial charge in [-0.1, -0.05) is 0 Å². The van der Waals surface area contributed by atoms with E-state index in [2.05, 4.69) is 29.6 Å². The van der Waals surface area contributed by atoms with Crippen molar-refractivity contribution < 1.29 is 9.53 Å². The summed E-state index contributed by atoms with van der Waals surface area (Å²) in [6, 6.07) is 0.154. The normalized spacial score (nSPS) is 30.2. The summed E-state index contributed by atoms with van der Waals surface area (Å²) in [5.74, 6) is 0.0780. The minimum atomic E-state index is -0.0470. The van der Waals surface area contributed by atoms with Crippen LogP contribution in [0.4, 0.5) is 0 Å². The van der Waals surface area contributed by atoms with Gasteiger partial charge in [0.2, 0.25) is 5.91 Å². The molecule has 1 aliphatic heterocycles. The highest BCUT2D eigenvalue weighted by atomic mass is 16.5. The van der Waals surface area contributed by atoms with E-state index in [4.69, 9.17) is 4.74 Å². The zero-order valence-electron chi connectivity index (χ0n) is 11.7. The molecule has 5 heteroatoms. The van der Waals surface area contributed by atoms with Gasteiger partial charge in [-0.2, -0.15) is 0 Å². The molecule has 1 saturated heterocycles. The Hall–Kier alpha value is -0.650. The fraction of sp³-hybridized carbons (Fsp3) is 0.923. The van der Waals surface area contributed by atoms with Crippen LogP contribution in [0, 0.1) is 5.92 Å². The first-order chi connectivity index (χ1) is 8.59. The third-order valence-electron chi connectivity index (χ3n) is 4.61. The van der Waals surface area contributed by atoms with Crippen molar-refractivity contribution in [3.8, 4) is 0 Å². The van der Waals surface area contributed by atoms with E-state index in [1.165, 1.54) is 19.3 Å². The van der Waals surface area contributed by atoms with Crippen molar-refractivity contribution in [2.24, 2.45) is 5.92 Å². The Morgan fingerprint density at radius 3 is 2.61 bits per heavy atom. The molecule has 5 nitrogen and oxygen atoms in total. The Labute approximate surface area is 109 Å². The number of rotatable bonds is 5. The fourth-order valence-electron chi connectivity index (χ4n) is 2.85. The van der Waals surface area contributed by atoms with E-state index >= 15 is 0 Å². The second-order valence-electron chi connectivity index (χ2n) is 5.73. The molecule has 2 N–H and O–H groups in total. The van der Waals surface area contributed by atoms with Crippen LogP contribution in [0.1, 0.15) is 19.3 Å². The van der Waals surface area contributed by atoms with Gasteiger partial charge >= 0.3 is 0 Å². The molecule has 0 aromatic rings. The van der Waals surface area contributed by atoms with Gasteiger partial charge in [-0.15, -0.1) is 0 Å². The summed E-state index contributed by atoms with van der Waals surface area (Å²) in [6.45, 7) is 1.92. The van der Waals surface area contributed by atoms with Gasteiger partial charge in [0.25, 0.3) is 0 Å². The third kappa shape index (κ3) is 2.53. The van der Waals surface area contributed by atoms with Gasteiger partial charge in [-0.25, -0.2) is 0 Å². The van der Waals surface area contributed by atoms with Crippen LogP contribution < -0.4 is 10.6 Å². The summed E-state index contributed by atoms with van der Waals surface area (Å²) < 4.78 is 5.37. The molecule has 1 aliphatic carbocycles. The Morgan fingerprint density at radius 1 is 1.39 bits per heavy atom. The molecule has 18 heavy (non-hydrogen) atoms. The van der Waals surface area contributed by atoms with Gasteiger partial charge in [0, 0.05) is 18.1 Å². The fourth-order valence-corrected chi connectivity index (χ4v) is 2.85. The predicted octanol–water partition coefficient (Wildman–Crippen LogP) is -0.179. The van der Waals surface area contributed by atoms with Crippen LogP contribution in [-0.2, 0) is 9.53 Å². The van der Waals surface area contributed by atoms with Crippen LogP contribution in [0.2, 0.25) is 0 Å². The Kier molecular flexibility index (Phi) is 4.25. The van der Waals surface area contributed by atoms with Gasteiger partial charge < -0.3 is 20.3 Å². The average Bonchev–Trinajstić information content (AvgIpc) is 2.74. The van der Waals surface area contributed by atoms with Crippen molar-refractivity contribution in [1.82, 2.24) is 15.5 Å². The Balaban J connectivity index is 1.84. The van der Waals surface area contributed by atoms with E-state index in [9.17, 15) is 4.79 Å². The highest BCUT2D eigenvalue weighted by molar-refractivity contribution is 5.80. The van der Waals surface area contributed by atoms with Gasteiger partial charge in [0.05, 0.1) is 19.1 Å². The van der Waals surface area contributed by atoms with Crippen LogP contribution in [0.25, 0.3) is 0 Å². The number of ether oxygens (including phenoxy) is 1. The SMILES string of the molecule is CNC1COCC1C(=O)NCC1(N(C)C)CCC1. The van der Waals surface area contributed by atoms with Crippen LogP contribution in [0.5, 0.6) is 0 Å². The van der Waals surface area contributed by atoms with Crippen LogP contribution in [0.15, 0.2) is 0 Å². The number of carbonyl (C=O) groups excluding carboxylic acids is 1. The number of amides is 1. The molecule has 2 fully saturated rings. The third-order valence-corrected chi connectivity index (χ3v) is 4.61. The first kappa shape index (κ1) is 13.8. The van der Waals surface area contributed by atoms with Gasteiger partial charge in [-0.05, 0) is 40.4 Å². The molecule has 0 aromatic heterocycles. The molecule has 2 unspecified atom stereocenters. The number of likely N-dealkylation sites (N-methyl/N-ethyl adjacent to an activating group) is 2. The molecular formula is C13H25N3O2. The standard InChI is InChI=1S/C13H25N3O2/c1-14-11-8-18-7-10(11)12(17)15-9-13(16(2)3)5-4-6-13/h10-11,14H,4-9H2,1-3H3,(H,15,17). The zero-order chi connectivity index (χ0) is 13.2.